The fourth-order valence-electron chi connectivity index (χ4n) is 6.54. The third kappa shape index (κ3) is 5.74. The molecule has 43 heavy (non-hydrogen) atoms. The molecule has 224 valence electrons. The maximum absolute atomic E-state index is 6.37. The first kappa shape index (κ1) is 29.2. The van der Waals surface area contributed by atoms with Crippen molar-refractivity contribution in [1.29, 1.82) is 0 Å². The maximum Gasteiger partial charge on any atom is 0.127 e. The maximum atomic E-state index is 6.37. The van der Waals surface area contributed by atoms with Crippen LogP contribution >= 0.6 is 0 Å². The molecule has 0 saturated heterocycles. The van der Waals surface area contributed by atoms with Crippen LogP contribution in [0.1, 0.15) is 54.9 Å². The van der Waals surface area contributed by atoms with E-state index in [0.717, 1.165) is 54.8 Å². The monoisotopic (exact) mass is 577 g/mol. The number of hydrogen-bond donors (Lipinski definition) is 0. The highest BCUT2D eigenvalue weighted by Gasteiger charge is 2.26. The summed E-state index contributed by atoms with van der Waals surface area (Å²) < 4.78 is 23.1. The van der Waals surface area contributed by atoms with Crippen molar-refractivity contribution in [3.05, 3.63) is 95.0 Å². The minimum Gasteiger partial charge on any atom is -0.493 e. The highest BCUT2D eigenvalue weighted by Crippen LogP contribution is 2.41. The Kier molecular flexibility index (Phi) is 8.96. The van der Waals surface area contributed by atoms with E-state index in [1.54, 1.807) is 0 Å². The molecule has 0 radical (unpaired) electrons. The Bertz CT molecular complexity index is 1760. The minimum atomic E-state index is 0.535. The average Bonchev–Trinajstić information content (AvgIpc) is 3.47. The molecule has 0 bridgehead atoms. The third-order valence-electron chi connectivity index (χ3n) is 8.56. The fourth-order valence-corrected chi connectivity index (χ4v) is 6.54. The van der Waals surface area contributed by atoms with E-state index in [2.05, 4.69) is 92.1 Å². The molecule has 3 heterocycles. The Morgan fingerprint density at radius 3 is 2.65 bits per heavy atom. The van der Waals surface area contributed by atoms with E-state index in [-0.39, 0.29) is 0 Å². The molecule has 0 aliphatic carbocycles. The van der Waals surface area contributed by atoms with Crippen molar-refractivity contribution in [2.75, 3.05) is 19.8 Å². The summed E-state index contributed by atoms with van der Waals surface area (Å²) in [5.41, 5.74) is 9.94. The fraction of sp³-hybridized carbons (Fsp3) is 0.378. The summed E-state index contributed by atoms with van der Waals surface area (Å²) in [5, 5.41) is 8.67. The van der Waals surface area contributed by atoms with E-state index >= 15 is 0 Å². The number of ether oxygens (including phenoxy) is 3. The van der Waals surface area contributed by atoms with Gasteiger partial charge in [-0.2, -0.15) is 5.10 Å². The predicted octanol–water partition coefficient (Wildman–Crippen LogP) is 8.09. The van der Waals surface area contributed by atoms with Crippen molar-refractivity contribution >= 4 is 21.7 Å². The zero-order chi connectivity index (χ0) is 29.8. The van der Waals surface area contributed by atoms with Crippen LogP contribution < -0.4 is 4.74 Å². The minimum absolute atomic E-state index is 0.535. The largest absolute Gasteiger partial charge is 0.493 e. The van der Waals surface area contributed by atoms with Crippen molar-refractivity contribution in [3.63, 3.8) is 0 Å². The Balaban J connectivity index is 1.44. The number of benzene rings is 3. The standard InChI is InChI=1S/C37H43N3O3/c1-5-13-31-36-33(39(4)38-31)25-42-22-10-9-21-40-32(24-41-6-2)29(30-20-19-26(3)35(36)37(30)40)17-12-23-43-34-18-11-15-27-14-7-8-16-28(27)34/h7-11,14-16,18-20H,5-6,12-13,17,21-25H2,1-4H3/b10-9-. The van der Waals surface area contributed by atoms with Crippen LogP contribution in [0.5, 0.6) is 5.75 Å². The second kappa shape index (κ2) is 13.2. The highest BCUT2D eigenvalue weighted by atomic mass is 16.5. The molecular formula is C37H43N3O3. The summed E-state index contributed by atoms with van der Waals surface area (Å²) in [7, 11) is 2.05. The van der Waals surface area contributed by atoms with Crippen LogP contribution in [-0.2, 0) is 49.1 Å². The van der Waals surface area contributed by atoms with Gasteiger partial charge in [0, 0.05) is 47.8 Å². The number of hydrogen-bond acceptors (Lipinski definition) is 4. The molecule has 6 rings (SSSR count). The van der Waals surface area contributed by atoms with Crippen LogP contribution in [0.25, 0.3) is 32.8 Å². The molecule has 3 aromatic carbocycles. The quantitative estimate of drug-likeness (QED) is 0.124. The molecule has 0 amide bonds. The second-order valence-electron chi connectivity index (χ2n) is 11.4. The zero-order valence-corrected chi connectivity index (χ0v) is 26.0. The molecule has 0 atom stereocenters. The van der Waals surface area contributed by atoms with Crippen LogP contribution in [0, 0.1) is 6.92 Å². The summed E-state index contributed by atoms with van der Waals surface area (Å²) in [5.74, 6) is 0.947. The number of aryl methyl sites for hydroxylation is 4. The molecule has 6 nitrogen and oxygen atoms in total. The van der Waals surface area contributed by atoms with Crippen molar-refractivity contribution in [3.8, 4) is 16.9 Å². The summed E-state index contributed by atoms with van der Waals surface area (Å²) in [4.78, 5) is 0. The van der Waals surface area contributed by atoms with Gasteiger partial charge in [-0.05, 0) is 55.7 Å². The average molecular weight is 578 g/mol. The highest BCUT2D eigenvalue weighted by molar-refractivity contribution is 6.00. The Hall–Kier alpha value is -3.87. The van der Waals surface area contributed by atoms with E-state index in [1.165, 1.54) is 44.2 Å². The van der Waals surface area contributed by atoms with Crippen LogP contribution in [0.15, 0.2) is 66.7 Å². The molecule has 1 aliphatic heterocycles. The molecule has 0 spiro atoms. The van der Waals surface area contributed by atoms with Gasteiger partial charge in [-0.1, -0.05) is 74.0 Å². The lowest BCUT2D eigenvalue weighted by atomic mass is 9.93. The van der Waals surface area contributed by atoms with Crippen LogP contribution in [-0.4, -0.2) is 34.2 Å². The van der Waals surface area contributed by atoms with E-state index < -0.39 is 0 Å². The van der Waals surface area contributed by atoms with Gasteiger partial charge < -0.3 is 18.8 Å². The summed E-state index contributed by atoms with van der Waals surface area (Å²) in [6.07, 6.45) is 8.16. The van der Waals surface area contributed by atoms with Gasteiger partial charge in [0.05, 0.1) is 43.3 Å². The van der Waals surface area contributed by atoms with Gasteiger partial charge in [-0.3, -0.25) is 4.68 Å². The molecule has 0 unspecified atom stereocenters. The summed E-state index contributed by atoms with van der Waals surface area (Å²) in [6.45, 7) is 10.3. The van der Waals surface area contributed by atoms with E-state index in [1.807, 2.05) is 11.7 Å². The van der Waals surface area contributed by atoms with Gasteiger partial charge in [0.2, 0.25) is 0 Å². The summed E-state index contributed by atoms with van der Waals surface area (Å²) >= 11 is 0. The van der Waals surface area contributed by atoms with Crippen molar-refractivity contribution in [2.45, 2.75) is 66.2 Å². The lowest BCUT2D eigenvalue weighted by molar-refractivity contribution is 0.128. The third-order valence-corrected chi connectivity index (χ3v) is 8.56. The number of aromatic nitrogens is 3. The summed E-state index contributed by atoms with van der Waals surface area (Å²) in [6, 6.07) is 19.3. The number of allylic oxidation sites excluding steroid dienone is 1. The lowest BCUT2D eigenvalue weighted by Crippen LogP contribution is -2.08. The smallest absolute Gasteiger partial charge is 0.127 e. The van der Waals surface area contributed by atoms with Crippen LogP contribution in [0.2, 0.25) is 0 Å². The SMILES string of the molecule is CCCc1nn(C)c2c1-c1c(C)ccc3c(CCCOc4cccc5ccccc45)c(COCC)n(c13)C/C=C\COC2. The van der Waals surface area contributed by atoms with Crippen molar-refractivity contribution in [1.82, 2.24) is 14.3 Å². The first-order valence-electron chi connectivity index (χ1n) is 15.7. The molecule has 1 aliphatic rings. The molecular weight excluding hydrogens is 534 g/mol. The van der Waals surface area contributed by atoms with Crippen molar-refractivity contribution < 1.29 is 14.2 Å². The molecule has 0 saturated carbocycles. The molecule has 5 aromatic rings. The van der Waals surface area contributed by atoms with E-state index in [9.17, 15) is 0 Å². The Labute approximate surface area is 254 Å². The van der Waals surface area contributed by atoms with Gasteiger partial charge in [0.15, 0.2) is 0 Å². The first-order valence-corrected chi connectivity index (χ1v) is 15.7. The van der Waals surface area contributed by atoms with Gasteiger partial charge in [-0.15, -0.1) is 0 Å². The van der Waals surface area contributed by atoms with Crippen LogP contribution in [0.3, 0.4) is 0 Å². The first-order chi connectivity index (χ1) is 21.1. The van der Waals surface area contributed by atoms with Gasteiger partial charge >= 0.3 is 0 Å². The van der Waals surface area contributed by atoms with Crippen LogP contribution in [0.4, 0.5) is 0 Å². The van der Waals surface area contributed by atoms with Crippen molar-refractivity contribution in [2.24, 2.45) is 7.05 Å². The second-order valence-corrected chi connectivity index (χ2v) is 11.4. The van der Waals surface area contributed by atoms with Gasteiger partial charge in [0.1, 0.15) is 5.75 Å². The van der Waals surface area contributed by atoms with E-state index in [4.69, 9.17) is 19.3 Å². The molecule has 6 heteroatoms. The molecule has 2 aromatic heterocycles. The topological polar surface area (TPSA) is 50.4 Å². The molecule has 0 fully saturated rings. The predicted molar refractivity (Wildman–Crippen MR) is 175 cm³/mol. The normalized spacial score (nSPS) is 14.1. The lowest BCUT2D eigenvalue weighted by Gasteiger charge is -2.15. The van der Waals surface area contributed by atoms with E-state index in [0.29, 0.717) is 33.0 Å². The van der Waals surface area contributed by atoms with Gasteiger partial charge in [0.25, 0.3) is 0 Å². The van der Waals surface area contributed by atoms with Gasteiger partial charge in [-0.25, -0.2) is 0 Å². The number of fused-ring (bicyclic) bond motifs is 3. The number of nitrogens with zero attached hydrogens (tertiary/aromatic N) is 3. The molecule has 0 N–H and O–H groups in total. The Morgan fingerprint density at radius 2 is 1.79 bits per heavy atom. The number of rotatable bonds is 10. The Morgan fingerprint density at radius 1 is 0.930 bits per heavy atom. The zero-order valence-electron chi connectivity index (χ0n) is 26.0.